The van der Waals surface area contributed by atoms with Crippen molar-refractivity contribution in [3.63, 3.8) is 0 Å². The fraction of sp³-hybridized carbons (Fsp3) is 0.269. The monoisotopic (exact) mass is 464 g/mol. The quantitative estimate of drug-likeness (QED) is 0.514. The van der Waals surface area contributed by atoms with Gasteiger partial charge in [-0.15, -0.1) is 0 Å². The van der Waals surface area contributed by atoms with Crippen molar-refractivity contribution in [3.8, 4) is 5.75 Å². The summed E-state index contributed by atoms with van der Waals surface area (Å²) in [6, 6.07) is 21.2. The summed E-state index contributed by atoms with van der Waals surface area (Å²) in [6.45, 7) is 5.97. The van der Waals surface area contributed by atoms with E-state index in [1.165, 1.54) is 4.31 Å². The van der Waals surface area contributed by atoms with Gasteiger partial charge in [0.05, 0.1) is 17.2 Å². The number of amides is 1. The normalized spacial score (nSPS) is 15.2. The Labute approximate surface area is 195 Å². The lowest BCUT2D eigenvalue weighted by Crippen LogP contribution is -2.45. The molecule has 0 saturated carbocycles. The highest BCUT2D eigenvalue weighted by Crippen LogP contribution is 2.33. The number of fused-ring (bicyclic) bond motifs is 1. The number of hydrogen-bond acceptors (Lipinski definition) is 4. The molecule has 0 fully saturated rings. The highest BCUT2D eigenvalue weighted by Gasteiger charge is 2.34. The fourth-order valence-corrected chi connectivity index (χ4v) is 5.59. The summed E-state index contributed by atoms with van der Waals surface area (Å²) >= 11 is 0. The molecule has 0 spiro atoms. The molecule has 1 unspecified atom stereocenters. The smallest absolute Gasteiger partial charge is 0.264 e. The van der Waals surface area contributed by atoms with Crippen molar-refractivity contribution >= 4 is 27.3 Å². The summed E-state index contributed by atoms with van der Waals surface area (Å²) in [7, 11) is -3.97. The second-order valence-corrected chi connectivity index (χ2v) is 10.1. The maximum Gasteiger partial charge on any atom is 0.264 e. The molecule has 33 heavy (non-hydrogen) atoms. The SMILES string of the molecule is CCOc1ccc(N(CC(=O)N2c3ccccc3CC2C)S(=O)(=O)c2ccc(C)cc2)cc1. The Morgan fingerprint density at radius 1 is 1.03 bits per heavy atom. The Balaban J connectivity index is 1.71. The lowest BCUT2D eigenvalue weighted by Gasteiger charge is -2.29. The van der Waals surface area contributed by atoms with E-state index in [1.807, 2.05) is 45.0 Å². The van der Waals surface area contributed by atoms with Crippen LogP contribution in [0.5, 0.6) is 5.75 Å². The Morgan fingerprint density at radius 2 is 1.70 bits per heavy atom. The molecule has 0 aromatic heterocycles. The summed E-state index contributed by atoms with van der Waals surface area (Å²) in [4.78, 5) is 15.4. The summed E-state index contributed by atoms with van der Waals surface area (Å²) < 4.78 is 34.0. The Bertz CT molecular complexity index is 1240. The minimum atomic E-state index is -3.97. The molecular formula is C26H28N2O4S. The third-order valence-electron chi connectivity index (χ3n) is 5.80. The first-order valence-electron chi connectivity index (χ1n) is 11.0. The van der Waals surface area contributed by atoms with Gasteiger partial charge in [-0.3, -0.25) is 9.10 Å². The second-order valence-electron chi connectivity index (χ2n) is 8.20. The van der Waals surface area contributed by atoms with Crippen LogP contribution in [0.3, 0.4) is 0 Å². The standard InChI is InChI=1S/C26H28N2O4S/c1-4-32-23-13-11-22(12-14-23)27(33(30,31)24-15-9-19(2)10-16-24)18-26(29)28-20(3)17-21-7-5-6-8-25(21)28/h5-16,20H,4,17-18H2,1-3H3. The first kappa shape index (κ1) is 22.9. The lowest BCUT2D eigenvalue weighted by atomic mass is 10.1. The van der Waals surface area contributed by atoms with Crippen LogP contribution in [0.15, 0.2) is 77.7 Å². The van der Waals surface area contributed by atoms with Crippen molar-refractivity contribution in [2.75, 3.05) is 22.4 Å². The largest absolute Gasteiger partial charge is 0.494 e. The number of carbonyl (C=O) groups is 1. The molecule has 1 aliphatic heterocycles. The van der Waals surface area contributed by atoms with Gasteiger partial charge in [0.25, 0.3) is 10.0 Å². The molecule has 1 aliphatic rings. The van der Waals surface area contributed by atoms with Gasteiger partial charge in [-0.05, 0) is 75.2 Å². The van der Waals surface area contributed by atoms with Gasteiger partial charge in [-0.2, -0.15) is 0 Å². The predicted molar refractivity (Wildman–Crippen MR) is 130 cm³/mol. The van der Waals surface area contributed by atoms with Crippen molar-refractivity contribution < 1.29 is 17.9 Å². The molecule has 6 nitrogen and oxygen atoms in total. The van der Waals surface area contributed by atoms with Gasteiger partial charge >= 0.3 is 0 Å². The molecule has 3 aromatic rings. The number of benzene rings is 3. The molecule has 4 rings (SSSR count). The van der Waals surface area contributed by atoms with Crippen molar-refractivity contribution in [1.82, 2.24) is 0 Å². The Hall–Kier alpha value is -3.32. The molecule has 7 heteroatoms. The number of nitrogens with zero attached hydrogens (tertiary/aromatic N) is 2. The molecule has 1 heterocycles. The van der Waals surface area contributed by atoms with Crippen molar-refractivity contribution in [3.05, 3.63) is 83.9 Å². The lowest BCUT2D eigenvalue weighted by molar-refractivity contribution is -0.117. The van der Waals surface area contributed by atoms with Gasteiger partial charge < -0.3 is 9.64 Å². The molecular weight excluding hydrogens is 436 g/mol. The van der Waals surface area contributed by atoms with Crippen LogP contribution in [0, 0.1) is 6.92 Å². The van der Waals surface area contributed by atoms with Gasteiger partial charge in [0.2, 0.25) is 5.91 Å². The van der Waals surface area contributed by atoms with Gasteiger partial charge in [0.15, 0.2) is 0 Å². The van der Waals surface area contributed by atoms with Crippen molar-refractivity contribution in [2.45, 2.75) is 38.1 Å². The van der Waals surface area contributed by atoms with E-state index in [2.05, 4.69) is 0 Å². The van der Waals surface area contributed by atoms with E-state index >= 15 is 0 Å². The molecule has 0 N–H and O–H groups in total. The van der Waals surface area contributed by atoms with E-state index < -0.39 is 10.0 Å². The van der Waals surface area contributed by atoms with E-state index in [-0.39, 0.29) is 23.4 Å². The zero-order chi connectivity index (χ0) is 23.6. The molecule has 1 atom stereocenters. The number of hydrogen-bond donors (Lipinski definition) is 0. The first-order chi connectivity index (χ1) is 15.8. The second kappa shape index (κ2) is 9.27. The van der Waals surface area contributed by atoms with Crippen LogP contribution in [-0.4, -0.2) is 33.5 Å². The minimum absolute atomic E-state index is 0.0424. The molecule has 0 saturated heterocycles. The summed E-state index contributed by atoms with van der Waals surface area (Å²) in [5.41, 5.74) is 3.30. The number of ether oxygens (including phenoxy) is 1. The van der Waals surface area contributed by atoms with E-state index in [0.29, 0.717) is 18.0 Å². The van der Waals surface area contributed by atoms with Gasteiger partial charge in [0, 0.05) is 11.7 Å². The number of carbonyl (C=O) groups excluding carboxylic acids is 1. The van der Waals surface area contributed by atoms with Gasteiger partial charge in [-0.1, -0.05) is 35.9 Å². The highest BCUT2D eigenvalue weighted by atomic mass is 32.2. The molecule has 172 valence electrons. The summed E-state index contributed by atoms with van der Waals surface area (Å²) in [5.74, 6) is 0.374. The van der Waals surface area contributed by atoms with Crippen LogP contribution < -0.4 is 13.9 Å². The molecule has 0 aliphatic carbocycles. The zero-order valence-corrected chi connectivity index (χ0v) is 19.9. The molecule has 1 amide bonds. The number of para-hydroxylation sites is 1. The van der Waals surface area contributed by atoms with Gasteiger partial charge in [0.1, 0.15) is 12.3 Å². The van der Waals surface area contributed by atoms with Crippen molar-refractivity contribution in [2.24, 2.45) is 0 Å². The van der Waals surface area contributed by atoms with Gasteiger partial charge in [-0.25, -0.2) is 8.42 Å². The summed E-state index contributed by atoms with van der Waals surface area (Å²) in [6.07, 6.45) is 0.746. The van der Waals surface area contributed by atoms with E-state index in [1.54, 1.807) is 53.4 Å². The Morgan fingerprint density at radius 3 is 2.36 bits per heavy atom. The van der Waals surface area contributed by atoms with Crippen LogP contribution >= 0.6 is 0 Å². The number of sulfonamides is 1. The van der Waals surface area contributed by atoms with Crippen LogP contribution in [0.1, 0.15) is 25.0 Å². The number of aryl methyl sites for hydroxylation is 1. The average molecular weight is 465 g/mol. The van der Waals surface area contributed by atoms with E-state index in [4.69, 9.17) is 4.74 Å². The minimum Gasteiger partial charge on any atom is -0.494 e. The van der Waals surface area contributed by atoms with E-state index in [9.17, 15) is 13.2 Å². The van der Waals surface area contributed by atoms with E-state index in [0.717, 1.165) is 23.2 Å². The maximum atomic E-state index is 13.7. The average Bonchev–Trinajstić information content (AvgIpc) is 3.14. The molecule has 3 aromatic carbocycles. The molecule has 0 radical (unpaired) electrons. The first-order valence-corrected chi connectivity index (χ1v) is 12.5. The van der Waals surface area contributed by atoms with Crippen LogP contribution in [0.2, 0.25) is 0 Å². The third kappa shape index (κ3) is 4.59. The summed E-state index contributed by atoms with van der Waals surface area (Å²) in [5, 5.41) is 0. The third-order valence-corrected chi connectivity index (χ3v) is 7.59. The van der Waals surface area contributed by atoms with Crippen LogP contribution in [-0.2, 0) is 21.2 Å². The van der Waals surface area contributed by atoms with Crippen molar-refractivity contribution in [1.29, 1.82) is 0 Å². The number of anilines is 2. The number of rotatable bonds is 7. The zero-order valence-electron chi connectivity index (χ0n) is 19.1. The highest BCUT2D eigenvalue weighted by molar-refractivity contribution is 7.92. The Kier molecular flexibility index (Phi) is 6.42. The predicted octanol–water partition coefficient (Wildman–Crippen LogP) is 4.57. The maximum absolute atomic E-state index is 13.7. The topological polar surface area (TPSA) is 66.9 Å². The van der Waals surface area contributed by atoms with Crippen LogP contribution in [0.25, 0.3) is 0 Å². The fourth-order valence-electron chi connectivity index (χ4n) is 4.17. The van der Waals surface area contributed by atoms with Crippen LogP contribution in [0.4, 0.5) is 11.4 Å². The molecule has 0 bridgehead atoms.